The minimum Gasteiger partial charge on any atom is -0.372 e. The molecule has 0 spiro atoms. The number of benzene rings is 2. The van der Waals surface area contributed by atoms with Crippen molar-refractivity contribution in [2.45, 2.75) is 19.6 Å². The summed E-state index contributed by atoms with van der Waals surface area (Å²) in [6.45, 7) is 3.86. The summed E-state index contributed by atoms with van der Waals surface area (Å²) in [4.78, 5) is 0. The number of ether oxygens (including phenoxy) is 1. The van der Waals surface area contributed by atoms with E-state index < -0.39 is 11.6 Å². The Labute approximate surface area is 111 Å². The fourth-order valence-electron chi connectivity index (χ4n) is 1.78. The highest BCUT2D eigenvalue weighted by Gasteiger charge is 2.10. The van der Waals surface area contributed by atoms with Crippen LogP contribution in [0.15, 0.2) is 42.5 Å². The Balaban J connectivity index is 2.00. The molecule has 0 amide bonds. The van der Waals surface area contributed by atoms with Crippen molar-refractivity contribution >= 4 is 0 Å². The van der Waals surface area contributed by atoms with E-state index in [1.165, 1.54) is 12.1 Å². The first-order chi connectivity index (χ1) is 9.20. The molecule has 0 saturated carbocycles. The Morgan fingerprint density at radius 2 is 1.53 bits per heavy atom. The second-order valence-corrected chi connectivity index (χ2v) is 4.27. The third-order valence-electron chi connectivity index (χ3n) is 2.85. The Kier molecular flexibility index (Phi) is 4.63. The topological polar surface area (TPSA) is 9.23 Å². The number of hydrogen-bond acceptors (Lipinski definition) is 1. The van der Waals surface area contributed by atoms with Crippen LogP contribution in [0.3, 0.4) is 0 Å². The normalized spacial score (nSPS) is 10.7. The SMILES string of the molecule is [CH2]Cc1cc(F)c(COCc2ccccc2)c(F)c1. The molecule has 3 heteroatoms. The summed E-state index contributed by atoms with van der Waals surface area (Å²) >= 11 is 0. The fraction of sp³-hybridized carbons (Fsp3) is 0.188. The minimum absolute atomic E-state index is 0.0341. The maximum atomic E-state index is 13.7. The van der Waals surface area contributed by atoms with Crippen molar-refractivity contribution in [2.24, 2.45) is 0 Å². The summed E-state index contributed by atoms with van der Waals surface area (Å²) in [6, 6.07) is 12.1. The minimum atomic E-state index is -0.577. The van der Waals surface area contributed by atoms with Gasteiger partial charge >= 0.3 is 0 Å². The van der Waals surface area contributed by atoms with E-state index in [-0.39, 0.29) is 12.2 Å². The van der Waals surface area contributed by atoms with E-state index in [4.69, 9.17) is 4.74 Å². The van der Waals surface area contributed by atoms with Gasteiger partial charge in [-0.2, -0.15) is 0 Å². The van der Waals surface area contributed by atoms with E-state index in [0.29, 0.717) is 18.6 Å². The van der Waals surface area contributed by atoms with Crippen LogP contribution in [0, 0.1) is 18.6 Å². The number of rotatable bonds is 5. The standard InChI is InChI=1S/C16H15F2O/c1-2-12-8-15(17)14(16(18)9-12)11-19-10-13-6-4-3-5-7-13/h3-9H,1-2,10-11H2. The number of halogens is 2. The van der Waals surface area contributed by atoms with Crippen LogP contribution in [0.4, 0.5) is 8.78 Å². The summed E-state index contributed by atoms with van der Waals surface area (Å²) < 4.78 is 32.7. The van der Waals surface area contributed by atoms with Gasteiger partial charge in [0.1, 0.15) is 11.6 Å². The van der Waals surface area contributed by atoms with Crippen LogP contribution < -0.4 is 0 Å². The van der Waals surface area contributed by atoms with Crippen molar-refractivity contribution in [3.8, 4) is 0 Å². The maximum Gasteiger partial charge on any atom is 0.131 e. The van der Waals surface area contributed by atoms with Crippen molar-refractivity contribution in [3.05, 3.63) is 77.7 Å². The molecular formula is C16H15F2O. The average Bonchev–Trinajstić information content (AvgIpc) is 2.42. The van der Waals surface area contributed by atoms with Gasteiger partial charge in [0.05, 0.1) is 13.2 Å². The van der Waals surface area contributed by atoms with Gasteiger partial charge in [0.15, 0.2) is 0 Å². The predicted molar refractivity (Wildman–Crippen MR) is 70.4 cm³/mol. The highest BCUT2D eigenvalue weighted by Crippen LogP contribution is 2.17. The van der Waals surface area contributed by atoms with Gasteiger partial charge in [-0.05, 0) is 36.6 Å². The highest BCUT2D eigenvalue weighted by molar-refractivity contribution is 5.26. The van der Waals surface area contributed by atoms with E-state index in [9.17, 15) is 8.78 Å². The monoisotopic (exact) mass is 261 g/mol. The van der Waals surface area contributed by atoms with E-state index in [0.717, 1.165) is 5.56 Å². The molecule has 0 heterocycles. The van der Waals surface area contributed by atoms with Crippen LogP contribution in [0.5, 0.6) is 0 Å². The first-order valence-electron chi connectivity index (χ1n) is 6.08. The lowest BCUT2D eigenvalue weighted by molar-refractivity contribution is 0.102. The van der Waals surface area contributed by atoms with Gasteiger partial charge in [-0.15, -0.1) is 0 Å². The van der Waals surface area contributed by atoms with Crippen LogP contribution in [-0.4, -0.2) is 0 Å². The van der Waals surface area contributed by atoms with Gasteiger partial charge < -0.3 is 4.74 Å². The summed E-state index contributed by atoms with van der Waals surface area (Å²) in [5.74, 6) is -1.15. The van der Waals surface area contributed by atoms with E-state index in [1.807, 2.05) is 30.3 Å². The molecule has 0 aliphatic rings. The Morgan fingerprint density at radius 1 is 0.895 bits per heavy atom. The summed E-state index contributed by atoms with van der Waals surface area (Å²) in [6.07, 6.45) is 0.360. The average molecular weight is 261 g/mol. The molecule has 0 unspecified atom stereocenters. The molecule has 1 radical (unpaired) electrons. The van der Waals surface area contributed by atoms with Gasteiger partial charge in [0.25, 0.3) is 0 Å². The first kappa shape index (κ1) is 13.7. The molecule has 0 aliphatic heterocycles. The van der Waals surface area contributed by atoms with Gasteiger partial charge in [-0.1, -0.05) is 30.3 Å². The third kappa shape index (κ3) is 3.61. The molecule has 0 bridgehead atoms. The van der Waals surface area contributed by atoms with Crippen LogP contribution in [0.25, 0.3) is 0 Å². The van der Waals surface area contributed by atoms with Crippen molar-refractivity contribution in [1.82, 2.24) is 0 Å². The van der Waals surface area contributed by atoms with Crippen molar-refractivity contribution < 1.29 is 13.5 Å². The molecule has 0 aliphatic carbocycles. The lowest BCUT2D eigenvalue weighted by atomic mass is 10.1. The molecule has 99 valence electrons. The molecule has 19 heavy (non-hydrogen) atoms. The van der Waals surface area contributed by atoms with Gasteiger partial charge in [-0.3, -0.25) is 0 Å². The van der Waals surface area contributed by atoms with Crippen molar-refractivity contribution in [1.29, 1.82) is 0 Å². The Morgan fingerprint density at radius 3 is 2.11 bits per heavy atom. The van der Waals surface area contributed by atoms with Crippen molar-refractivity contribution in [3.63, 3.8) is 0 Å². The zero-order valence-corrected chi connectivity index (χ0v) is 10.5. The lowest BCUT2D eigenvalue weighted by Crippen LogP contribution is -2.01. The molecule has 0 saturated heterocycles. The van der Waals surface area contributed by atoms with E-state index in [2.05, 4.69) is 6.92 Å². The summed E-state index contributed by atoms with van der Waals surface area (Å²) in [5.41, 5.74) is 1.48. The summed E-state index contributed by atoms with van der Waals surface area (Å²) in [5, 5.41) is 0. The predicted octanol–water partition coefficient (Wildman–Crippen LogP) is 4.06. The van der Waals surface area contributed by atoms with Gasteiger partial charge in [-0.25, -0.2) is 8.78 Å². The third-order valence-corrected chi connectivity index (χ3v) is 2.85. The van der Waals surface area contributed by atoms with E-state index >= 15 is 0 Å². The van der Waals surface area contributed by atoms with Crippen LogP contribution >= 0.6 is 0 Å². The van der Waals surface area contributed by atoms with Gasteiger partial charge in [0.2, 0.25) is 0 Å². The second kappa shape index (κ2) is 6.43. The Bertz CT molecular complexity index is 515. The smallest absolute Gasteiger partial charge is 0.131 e. The fourth-order valence-corrected chi connectivity index (χ4v) is 1.78. The zero-order chi connectivity index (χ0) is 13.7. The quantitative estimate of drug-likeness (QED) is 0.788. The highest BCUT2D eigenvalue weighted by atomic mass is 19.1. The molecular weight excluding hydrogens is 246 g/mol. The van der Waals surface area contributed by atoms with Crippen LogP contribution in [0.1, 0.15) is 16.7 Å². The van der Waals surface area contributed by atoms with Crippen molar-refractivity contribution in [2.75, 3.05) is 0 Å². The molecule has 2 rings (SSSR count). The summed E-state index contributed by atoms with van der Waals surface area (Å²) in [7, 11) is 0. The molecule has 0 fully saturated rings. The maximum absolute atomic E-state index is 13.7. The largest absolute Gasteiger partial charge is 0.372 e. The van der Waals surface area contributed by atoms with E-state index in [1.54, 1.807) is 0 Å². The van der Waals surface area contributed by atoms with Crippen LogP contribution in [0.2, 0.25) is 0 Å². The number of hydrogen-bond donors (Lipinski definition) is 0. The van der Waals surface area contributed by atoms with Gasteiger partial charge in [0, 0.05) is 5.56 Å². The Hall–Kier alpha value is -1.74. The molecule has 2 aromatic carbocycles. The molecule has 0 atom stereocenters. The van der Waals surface area contributed by atoms with Crippen LogP contribution in [-0.2, 0) is 24.4 Å². The lowest BCUT2D eigenvalue weighted by Gasteiger charge is -2.08. The molecule has 0 aromatic heterocycles. The first-order valence-corrected chi connectivity index (χ1v) is 6.08. The molecule has 0 N–H and O–H groups in total. The zero-order valence-electron chi connectivity index (χ0n) is 10.5. The molecule has 2 aromatic rings. The second-order valence-electron chi connectivity index (χ2n) is 4.27. The molecule has 1 nitrogen and oxygen atoms in total.